The topological polar surface area (TPSA) is 76.0 Å². The Balaban J connectivity index is 1.96. The Bertz CT molecular complexity index is 1100. The molecule has 0 atom stereocenters. The first-order valence-corrected chi connectivity index (χ1v) is 13.8. The van der Waals surface area contributed by atoms with Gasteiger partial charge in [0, 0.05) is 0 Å². The van der Waals surface area contributed by atoms with Gasteiger partial charge in [-0.3, -0.25) is 0 Å². The third kappa shape index (κ3) is 2.21. The molecule has 7 heteroatoms. The van der Waals surface area contributed by atoms with Crippen molar-refractivity contribution in [2.45, 2.75) is 5.60 Å². The minimum atomic E-state index is -1.12. The van der Waals surface area contributed by atoms with E-state index >= 15 is 0 Å². The van der Waals surface area contributed by atoms with E-state index < -0.39 is 5.60 Å². The second-order valence-corrected chi connectivity index (χ2v) is 12.1. The van der Waals surface area contributed by atoms with Crippen LogP contribution in [-0.2, 0) is 62.6 Å². The predicted molar refractivity (Wildman–Crippen MR) is 87.3 cm³/mol. The number of ether oxygens (including phenoxy) is 2. The van der Waals surface area contributed by atoms with Crippen LogP contribution in [0.4, 0.5) is 0 Å². The summed E-state index contributed by atoms with van der Waals surface area (Å²) in [4.78, 5) is 12.7. The van der Waals surface area contributed by atoms with Gasteiger partial charge in [0.15, 0.2) is 0 Å². The number of fused-ring (bicyclic) bond motifs is 6. The number of phenols is 2. The molecule has 3 aromatic carbocycles. The number of phenolic OH excluding ortho intramolecular Hbond substituents is 2. The van der Waals surface area contributed by atoms with Gasteiger partial charge in [-0.1, -0.05) is 0 Å². The second kappa shape index (κ2) is 5.95. The van der Waals surface area contributed by atoms with Gasteiger partial charge in [-0.05, 0) is 0 Å². The van der Waals surface area contributed by atoms with Crippen molar-refractivity contribution >= 4 is 12.1 Å². The van der Waals surface area contributed by atoms with Gasteiger partial charge in [-0.15, -0.1) is 0 Å². The molecule has 0 aromatic heterocycles. The monoisotopic (exact) mass is 734 g/mol. The van der Waals surface area contributed by atoms with Crippen molar-refractivity contribution in [3.05, 3.63) is 70.8 Å². The average Bonchev–Trinajstić information content (AvgIpc) is 2.96. The van der Waals surface area contributed by atoms with Crippen molar-refractivity contribution in [2.24, 2.45) is 0 Å². The minimum absolute atomic E-state index is 0.0747. The fourth-order valence-electron chi connectivity index (χ4n) is 3.89. The number of esters is 1. The number of carbonyl (C=O) groups is 1. The van der Waals surface area contributed by atoms with E-state index in [-0.39, 0.29) is 69.7 Å². The van der Waals surface area contributed by atoms with Crippen LogP contribution in [0.2, 0.25) is 0 Å². The standard InChI is InChI=1S/C20H10O5.2Hg/c21-11-5-7-15-17(9-11)24-18-10-12(22)6-8-16(18)20(15)14-4-2-1-3-13(14)19(23)25-20;;/h1-8,21-22H;;. The quantitative estimate of drug-likeness (QED) is 0.274. The van der Waals surface area contributed by atoms with Crippen LogP contribution in [0.5, 0.6) is 23.0 Å². The molecule has 2 aliphatic heterocycles. The molecule has 3 aromatic rings. The molecular weight excluding hydrogens is 721 g/mol. The van der Waals surface area contributed by atoms with Crippen LogP contribution in [0, 0.1) is 0 Å². The number of hydrogen-bond acceptors (Lipinski definition) is 5. The van der Waals surface area contributed by atoms with Gasteiger partial charge in [-0.2, -0.15) is 0 Å². The molecule has 2 heterocycles. The van der Waals surface area contributed by atoms with E-state index in [9.17, 15) is 15.0 Å². The summed E-state index contributed by atoms with van der Waals surface area (Å²) in [6.07, 6.45) is 0. The molecule has 124 valence electrons. The Morgan fingerprint density at radius 2 is 1.33 bits per heavy atom. The maximum absolute atomic E-state index is 12.7. The molecule has 0 saturated heterocycles. The SMILES string of the molecule is O=C1OC2(c3ccccc31)c1ccc(O)[c]([Hg])c1Oc1c2ccc(O)[c]1[Hg]. The first-order chi connectivity index (χ1) is 12.9. The molecular formula is C20H10Hg2O5. The summed E-state index contributed by atoms with van der Waals surface area (Å²) in [6, 6.07) is 14.2. The second-order valence-electron chi connectivity index (χ2n) is 6.60. The van der Waals surface area contributed by atoms with Crippen molar-refractivity contribution in [3.8, 4) is 23.0 Å². The molecule has 1 spiro atoms. The Morgan fingerprint density at radius 1 is 0.778 bits per heavy atom. The molecule has 5 rings (SSSR count). The van der Waals surface area contributed by atoms with Gasteiger partial charge in [0.25, 0.3) is 0 Å². The molecule has 2 N–H and O–H groups in total. The number of rotatable bonds is 0. The molecule has 2 aliphatic rings. The number of aromatic hydroxyl groups is 2. The van der Waals surface area contributed by atoms with Crippen LogP contribution < -0.4 is 10.9 Å². The molecule has 0 amide bonds. The zero-order valence-corrected chi connectivity index (χ0v) is 25.1. The normalized spacial score (nSPS) is 15.6. The van der Waals surface area contributed by atoms with Crippen molar-refractivity contribution in [2.75, 3.05) is 0 Å². The third-order valence-corrected chi connectivity index (χ3v) is 10.5. The van der Waals surface area contributed by atoms with Crippen LogP contribution in [0.1, 0.15) is 27.0 Å². The van der Waals surface area contributed by atoms with Gasteiger partial charge < -0.3 is 0 Å². The van der Waals surface area contributed by atoms with E-state index in [0.717, 1.165) is 22.8 Å². The van der Waals surface area contributed by atoms with Crippen LogP contribution in [0.25, 0.3) is 0 Å². The summed E-state index contributed by atoms with van der Waals surface area (Å²) in [5, 5.41) is 20.5. The van der Waals surface area contributed by atoms with E-state index in [2.05, 4.69) is 0 Å². The zero-order valence-electron chi connectivity index (χ0n) is 14.2. The Kier molecular flexibility index (Phi) is 3.85. The van der Waals surface area contributed by atoms with E-state index in [4.69, 9.17) is 9.47 Å². The van der Waals surface area contributed by atoms with Gasteiger partial charge in [-0.25, -0.2) is 0 Å². The molecule has 0 saturated carbocycles. The van der Waals surface area contributed by atoms with Crippen molar-refractivity contribution in [1.29, 1.82) is 0 Å². The maximum atomic E-state index is 12.7. The van der Waals surface area contributed by atoms with Gasteiger partial charge in [0.1, 0.15) is 0 Å². The molecule has 0 unspecified atom stereocenters. The fraction of sp³-hybridized carbons (Fsp3) is 0.0500. The van der Waals surface area contributed by atoms with Crippen LogP contribution >= 0.6 is 0 Å². The van der Waals surface area contributed by atoms with Crippen molar-refractivity contribution in [1.82, 2.24) is 0 Å². The summed E-state index contributed by atoms with van der Waals surface area (Å²) in [5.41, 5.74) is 1.60. The Morgan fingerprint density at radius 3 is 1.93 bits per heavy atom. The van der Waals surface area contributed by atoms with Crippen LogP contribution in [0.3, 0.4) is 0 Å². The van der Waals surface area contributed by atoms with Crippen LogP contribution in [0.15, 0.2) is 48.5 Å². The van der Waals surface area contributed by atoms with Crippen LogP contribution in [-0.4, -0.2) is 16.2 Å². The third-order valence-electron chi connectivity index (χ3n) is 5.21. The summed E-state index contributed by atoms with van der Waals surface area (Å²) in [6.45, 7) is 0. The Hall–Kier alpha value is -1.60. The first-order valence-electron chi connectivity index (χ1n) is 8.32. The van der Waals surface area contributed by atoms with Crippen molar-refractivity contribution < 1.29 is 76.7 Å². The summed E-state index contributed by atoms with van der Waals surface area (Å²) in [7, 11) is 0. The zero-order chi connectivity index (χ0) is 18.9. The summed E-state index contributed by atoms with van der Waals surface area (Å²) in [5.74, 6) is 1.09. The summed E-state index contributed by atoms with van der Waals surface area (Å²) < 4.78 is 13.8. The van der Waals surface area contributed by atoms with Gasteiger partial charge in [0.05, 0.1) is 0 Å². The summed E-state index contributed by atoms with van der Waals surface area (Å²) >= 11 is 0.149. The Labute approximate surface area is 186 Å². The molecule has 27 heavy (non-hydrogen) atoms. The molecule has 0 aliphatic carbocycles. The average molecular weight is 731 g/mol. The van der Waals surface area contributed by atoms with Gasteiger partial charge >= 0.3 is 188 Å². The van der Waals surface area contributed by atoms with Crippen molar-refractivity contribution in [3.63, 3.8) is 0 Å². The first kappa shape index (κ1) is 17.5. The number of benzene rings is 3. The van der Waals surface area contributed by atoms with E-state index in [1.54, 1.807) is 30.3 Å². The molecule has 5 nitrogen and oxygen atoms in total. The van der Waals surface area contributed by atoms with E-state index in [1.165, 1.54) is 0 Å². The molecule has 0 radical (unpaired) electrons. The fourth-order valence-corrected chi connectivity index (χ4v) is 6.85. The van der Waals surface area contributed by atoms with E-state index in [0.29, 0.717) is 17.1 Å². The number of carbonyl (C=O) groups excluding carboxylic acids is 1. The molecule has 0 fully saturated rings. The molecule has 0 bridgehead atoms. The number of hydrogen-bond donors (Lipinski definition) is 2. The van der Waals surface area contributed by atoms with Gasteiger partial charge in [0.2, 0.25) is 0 Å². The predicted octanol–water partition coefficient (Wildman–Crippen LogP) is 2.01. The van der Waals surface area contributed by atoms with E-state index in [1.807, 2.05) is 18.2 Å².